The molecule has 156 valence electrons. The van der Waals surface area contributed by atoms with E-state index in [0.29, 0.717) is 38.4 Å². The van der Waals surface area contributed by atoms with Crippen LogP contribution in [0.3, 0.4) is 0 Å². The van der Waals surface area contributed by atoms with E-state index in [1.807, 2.05) is 0 Å². The number of carbonyl (C=O) groups excluding carboxylic acids is 3. The minimum Gasteiger partial charge on any atom is -0.353 e. The minimum atomic E-state index is -0.577. The van der Waals surface area contributed by atoms with Gasteiger partial charge in [-0.1, -0.05) is 11.6 Å². The molecule has 1 aromatic carbocycles. The maximum Gasteiger partial charge on any atom is 0.251 e. The molecular weight excluding hydrogens is 399 g/mol. The molecule has 1 saturated carbocycles. The molecule has 3 N–H and O–H groups in total. The number of nitrogens with zero attached hydrogens (tertiary/aromatic N) is 1. The summed E-state index contributed by atoms with van der Waals surface area (Å²) in [6, 6.07) is 3.71. The number of rotatable bonds is 6. The van der Waals surface area contributed by atoms with Crippen LogP contribution in [0.15, 0.2) is 18.2 Å². The molecule has 3 aliphatic rings. The number of hydrogen-bond acceptors (Lipinski definition) is 4. The van der Waals surface area contributed by atoms with Crippen molar-refractivity contribution in [2.75, 3.05) is 13.1 Å². The predicted molar refractivity (Wildman–Crippen MR) is 105 cm³/mol. The Hall–Kier alpha value is -2.19. The van der Waals surface area contributed by atoms with Crippen LogP contribution in [0, 0.1) is 5.82 Å². The van der Waals surface area contributed by atoms with Crippen LogP contribution >= 0.6 is 11.6 Å². The van der Waals surface area contributed by atoms with E-state index in [0.717, 1.165) is 18.9 Å². The van der Waals surface area contributed by atoms with Crippen LogP contribution in [0.4, 0.5) is 4.39 Å². The Bertz CT molecular complexity index is 832. The van der Waals surface area contributed by atoms with E-state index >= 15 is 0 Å². The molecule has 7 nitrogen and oxygen atoms in total. The molecule has 1 aromatic rings. The summed E-state index contributed by atoms with van der Waals surface area (Å²) in [6.45, 7) is 1.04. The van der Waals surface area contributed by atoms with Crippen molar-refractivity contribution in [1.29, 1.82) is 0 Å². The highest BCUT2D eigenvalue weighted by molar-refractivity contribution is 6.31. The van der Waals surface area contributed by atoms with Crippen molar-refractivity contribution >= 4 is 29.3 Å². The van der Waals surface area contributed by atoms with Gasteiger partial charge in [0.1, 0.15) is 5.82 Å². The Morgan fingerprint density at radius 3 is 2.76 bits per heavy atom. The number of benzene rings is 1. The van der Waals surface area contributed by atoms with Crippen molar-refractivity contribution in [3.05, 3.63) is 34.6 Å². The minimum absolute atomic E-state index is 0.0507. The number of halogens is 2. The Balaban J connectivity index is 1.35. The number of nitrogens with one attached hydrogen (secondary N) is 3. The molecule has 0 spiro atoms. The summed E-state index contributed by atoms with van der Waals surface area (Å²) < 4.78 is 13.3. The van der Waals surface area contributed by atoms with Crippen LogP contribution in [0.25, 0.3) is 0 Å². The van der Waals surface area contributed by atoms with E-state index in [9.17, 15) is 18.8 Å². The fraction of sp³-hybridized carbons (Fsp3) is 0.550. The molecule has 3 fully saturated rings. The van der Waals surface area contributed by atoms with E-state index in [1.165, 1.54) is 12.1 Å². The highest BCUT2D eigenvalue weighted by atomic mass is 35.5. The van der Waals surface area contributed by atoms with Gasteiger partial charge < -0.3 is 16.0 Å². The van der Waals surface area contributed by atoms with Crippen molar-refractivity contribution in [2.45, 2.75) is 56.3 Å². The van der Waals surface area contributed by atoms with Crippen LogP contribution < -0.4 is 16.0 Å². The molecule has 2 heterocycles. The number of piperazine rings is 1. The number of carbonyl (C=O) groups is 3. The van der Waals surface area contributed by atoms with E-state index in [2.05, 4.69) is 20.9 Å². The summed E-state index contributed by atoms with van der Waals surface area (Å²) in [7, 11) is 0. The zero-order valence-corrected chi connectivity index (χ0v) is 16.7. The van der Waals surface area contributed by atoms with Crippen molar-refractivity contribution in [1.82, 2.24) is 20.9 Å². The number of amides is 3. The summed E-state index contributed by atoms with van der Waals surface area (Å²) >= 11 is 5.76. The van der Waals surface area contributed by atoms with Crippen LogP contribution in [-0.2, 0) is 9.59 Å². The first-order valence-electron chi connectivity index (χ1n) is 9.99. The third-order valence-electron chi connectivity index (χ3n) is 5.79. The number of fused-ring (bicyclic) bond motifs is 1. The van der Waals surface area contributed by atoms with Gasteiger partial charge in [-0.05, 0) is 43.9 Å². The Kier molecular flexibility index (Phi) is 5.74. The molecule has 2 aliphatic heterocycles. The van der Waals surface area contributed by atoms with Crippen LogP contribution in [0.2, 0.25) is 5.02 Å². The SMILES string of the molecule is O=C(CCC1CNC(=O)C2CC(NC(=O)c3ccc(F)c(Cl)c3)CN12)NC1CC1. The first-order chi connectivity index (χ1) is 13.9. The van der Waals surface area contributed by atoms with Gasteiger partial charge in [0.05, 0.1) is 11.1 Å². The first-order valence-corrected chi connectivity index (χ1v) is 10.4. The molecule has 29 heavy (non-hydrogen) atoms. The maximum absolute atomic E-state index is 13.3. The van der Waals surface area contributed by atoms with Gasteiger partial charge in [-0.25, -0.2) is 4.39 Å². The van der Waals surface area contributed by atoms with Gasteiger partial charge in [-0.3, -0.25) is 19.3 Å². The van der Waals surface area contributed by atoms with Crippen LogP contribution in [-0.4, -0.2) is 59.9 Å². The van der Waals surface area contributed by atoms with Crippen LogP contribution in [0.1, 0.15) is 42.5 Å². The Morgan fingerprint density at radius 2 is 2.03 bits per heavy atom. The lowest BCUT2D eigenvalue weighted by Crippen LogP contribution is -2.58. The molecule has 2 saturated heterocycles. The van der Waals surface area contributed by atoms with Crippen molar-refractivity contribution in [2.24, 2.45) is 0 Å². The zero-order chi connectivity index (χ0) is 20.5. The first kappa shape index (κ1) is 20.1. The largest absolute Gasteiger partial charge is 0.353 e. The lowest BCUT2D eigenvalue weighted by molar-refractivity contribution is -0.129. The molecule has 0 radical (unpaired) electrons. The molecular formula is C20H24ClFN4O3. The molecule has 9 heteroatoms. The quantitative estimate of drug-likeness (QED) is 0.642. The second-order valence-corrected chi connectivity index (χ2v) is 8.43. The average molecular weight is 423 g/mol. The third-order valence-corrected chi connectivity index (χ3v) is 6.08. The Labute approximate surface area is 173 Å². The normalized spacial score (nSPS) is 26.6. The van der Waals surface area contributed by atoms with E-state index < -0.39 is 5.82 Å². The monoisotopic (exact) mass is 422 g/mol. The summed E-state index contributed by atoms with van der Waals surface area (Å²) in [5.74, 6) is -0.924. The van der Waals surface area contributed by atoms with Crippen molar-refractivity contribution in [3.63, 3.8) is 0 Å². The second-order valence-electron chi connectivity index (χ2n) is 8.03. The summed E-state index contributed by atoms with van der Waals surface area (Å²) in [5.41, 5.74) is 0.277. The van der Waals surface area contributed by atoms with Gasteiger partial charge in [-0.15, -0.1) is 0 Å². The smallest absolute Gasteiger partial charge is 0.251 e. The Morgan fingerprint density at radius 1 is 1.24 bits per heavy atom. The second kappa shape index (κ2) is 8.28. The highest BCUT2D eigenvalue weighted by Crippen LogP contribution is 2.26. The molecule has 1 aliphatic carbocycles. The predicted octanol–water partition coefficient (Wildman–Crippen LogP) is 1.21. The van der Waals surface area contributed by atoms with Crippen molar-refractivity contribution in [3.8, 4) is 0 Å². The molecule has 0 aromatic heterocycles. The molecule has 0 bridgehead atoms. The van der Waals surface area contributed by atoms with E-state index in [4.69, 9.17) is 11.6 Å². The van der Waals surface area contributed by atoms with Gasteiger partial charge in [0.2, 0.25) is 11.8 Å². The molecule has 3 unspecified atom stereocenters. The zero-order valence-electron chi connectivity index (χ0n) is 15.9. The van der Waals surface area contributed by atoms with E-state index in [1.54, 1.807) is 0 Å². The third kappa shape index (κ3) is 4.70. The van der Waals surface area contributed by atoms with Gasteiger partial charge >= 0.3 is 0 Å². The molecule has 3 atom stereocenters. The number of hydrogen-bond donors (Lipinski definition) is 3. The van der Waals surface area contributed by atoms with Gasteiger partial charge in [0, 0.05) is 43.2 Å². The van der Waals surface area contributed by atoms with Crippen molar-refractivity contribution < 1.29 is 18.8 Å². The summed E-state index contributed by atoms with van der Waals surface area (Å²) in [4.78, 5) is 38.9. The van der Waals surface area contributed by atoms with Gasteiger partial charge in [0.25, 0.3) is 5.91 Å². The topological polar surface area (TPSA) is 90.5 Å². The lowest BCUT2D eigenvalue weighted by Gasteiger charge is -2.37. The molecule has 4 rings (SSSR count). The maximum atomic E-state index is 13.3. The molecule has 3 amide bonds. The summed E-state index contributed by atoms with van der Waals surface area (Å²) in [6.07, 6.45) is 3.69. The lowest BCUT2D eigenvalue weighted by atomic mass is 10.0. The fourth-order valence-electron chi connectivity index (χ4n) is 4.08. The van der Waals surface area contributed by atoms with Gasteiger partial charge in [-0.2, -0.15) is 0 Å². The van der Waals surface area contributed by atoms with E-state index in [-0.39, 0.29) is 46.4 Å². The van der Waals surface area contributed by atoms with Gasteiger partial charge in [0.15, 0.2) is 0 Å². The standard InChI is InChI=1S/C20H24ClFN4O3/c21-15-7-11(1-5-16(15)22)19(28)25-13-8-17-20(29)23-9-14(26(17)10-13)4-6-18(27)24-12-2-3-12/h1,5,7,12-14,17H,2-4,6,8-10H2,(H,23,29)(H,24,27)(H,25,28). The van der Waals surface area contributed by atoms with Crippen LogP contribution in [0.5, 0.6) is 0 Å². The highest BCUT2D eigenvalue weighted by Gasteiger charge is 2.43. The average Bonchev–Trinajstić information content (AvgIpc) is 3.39. The fourth-order valence-corrected chi connectivity index (χ4v) is 4.26. The summed E-state index contributed by atoms with van der Waals surface area (Å²) in [5, 5.41) is 8.71.